The standard InChI is InChI=1S/C15H18N6S/c1-4-20-12(3)16-18-15(20)22-11(2)14-10-21(19-17-14)13-8-6-5-7-9-13/h5-11H,4H2,1-3H3/t11-/m1/s1. The molecule has 114 valence electrons. The number of rotatable bonds is 5. The maximum Gasteiger partial charge on any atom is 0.191 e. The summed E-state index contributed by atoms with van der Waals surface area (Å²) < 4.78 is 3.89. The topological polar surface area (TPSA) is 61.4 Å². The van der Waals surface area contributed by atoms with Crippen LogP contribution in [-0.4, -0.2) is 29.8 Å². The molecule has 0 N–H and O–H groups in total. The highest BCUT2D eigenvalue weighted by atomic mass is 32.2. The van der Waals surface area contributed by atoms with Gasteiger partial charge in [-0.15, -0.1) is 15.3 Å². The van der Waals surface area contributed by atoms with Crippen LogP contribution in [0, 0.1) is 6.92 Å². The van der Waals surface area contributed by atoms with Gasteiger partial charge in [0.15, 0.2) is 5.16 Å². The molecule has 22 heavy (non-hydrogen) atoms. The van der Waals surface area contributed by atoms with E-state index in [2.05, 4.69) is 38.9 Å². The first kappa shape index (κ1) is 14.8. The molecule has 0 aliphatic heterocycles. The number of hydrogen-bond acceptors (Lipinski definition) is 5. The Kier molecular flexibility index (Phi) is 4.24. The van der Waals surface area contributed by atoms with Gasteiger partial charge in [-0.05, 0) is 32.9 Å². The van der Waals surface area contributed by atoms with Crippen molar-refractivity contribution in [1.29, 1.82) is 0 Å². The molecule has 0 aliphatic carbocycles. The number of para-hydroxylation sites is 1. The molecule has 0 radical (unpaired) electrons. The van der Waals surface area contributed by atoms with Crippen LogP contribution in [0.3, 0.4) is 0 Å². The fourth-order valence-corrected chi connectivity index (χ4v) is 3.22. The Morgan fingerprint density at radius 3 is 2.64 bits per heavy atom. The van der Waals surface area contributed by atoms with Gasteiger partial charge in [-0.2, -0.15) is 0 Å². The summed E-state index contributed by atoms with van der Waals surface area (Å²) in [5.41, 5.74) is 1.93. The van der Waals surface area contributed by atoms with Crippen LogP contribution in [0.5, 0.6) is 0 Å². The monoisotopic (exact) mass is 314 g/mol. The van der Waals surface area contributed by atoms with Gasteiger partial charge >= 0.3 is 0 Å². The summed E-state index contributed by atoms with van der Waals surface area (Å²) in [7, 11) is 0. The molecular weight excluding hydrogens is 296 g/mol. The molecule has 2 aromatic heterocycles. The van der Waals surface area contributed by atoms with E-state index in [1.807, 2.05) is 43.5 Å². The normalized spacial score (nSPS) is 12.5. The number of benzene rings is 1. The molecule has 0 unspecified atom stereocenters. The second-order valence-corrected chi connectivity index (χ2v) is 6.27. The molecule has 0 saturated carbocycles. The van der Waals surface area contributed by atoms with Gasteiger partial charge in [0.25, 0.3) is 0 Å². The molecule has 6 nitrogen and oxygen atoms in total. The summed E-state index contributed by atoms with van der Waals surface area (Å²) in [6.07, 6.45) is 1.96. The van der Waals surface area contributed by atoms with E-state index in [1.165, 1.54) is 0 Å². The minimum atomic E-state index is 0.159. The zero-order chi connectivity index (χ0) is 15.5. The summed E-state index contributed by atoms with van der Waals surface area (Å²) in [6.45, 7) is 7.03. The van der Waals surface area contributed by atoms with Crippen LogP contribution in [0.2, 0.25) is 0 Å². The molecule has 0 spiro atoms. The van der Waals surface area contributed by atoms with Crippen LogP contribution in [0.1, 0.15) is 30.6 Å². The van der Waals surface area contributed by atoms with Crippen LogP contribution in [0.4, 0.5) is 0 Å². The molecule has 1 aromatic carbocycles. The quantitative estimate of drug-likeness (QED) is 0.677. The summed E-state index contributed by atoms with van der Waals surface area (Å²) in [4.78, 5) is 0. The number of hydrogen-bond donors (Lipinski definition) is 0. The number of thioether (sulfide) groups is 1. The van der Waals surface area contributed by atoms with Gasteiger partial charge in [-0.1, -0.05) is 35.2 Å². The summed E-state index contributed by atoms with van der Waals surface area (Å²) in [5.74, 6) is 0.935. The lowest BCUT2D eigenvalue weighted by atomic mass is 10.3. The lowest BCUT2D eigenvalue weighted by Crippen LogP contribution is -2.00. The molecule has 2 heterocycles. The molecule has 1 atom stereocenters. The van der Waals surface area contributed by atoms with Crippen molar-refractivity contribution in [1.82, 2.24) is 29.8 Å². The molecule has 0 aliphatic rings. The van der Waals surface area contributed by atoms with Crippen molar-refractivity contribution in [2.75, 3.05) is 0 Å². The zero-order valence-electron chi connectivity index (χ0n) is 12.8. The Balaban J connectivity index is 1.78. The Morgan fingerprint density at radius 1 is 1.14 bits per heavy atom. The van der Waals surface area contributed by atoms with Gasteiger partial charge in [-0.25, -0.2) is 4.68 Å². The second-order valence-electron chi connectivity index (χ2n) is 4.96. The Morgan fingerprint density at radius 2 is 1.91 bits per heavy atom. The van der Waals surface area contributed by atoms with Crippen molar-refractivity contribution in [3.05, 3.63) is 48.0 Å². The van der Waals surface area contributed by atoms with Crippen molar-refractivity contribution in [2.45, 2.75) is 37.7 Å². The van der Waals surface area contributed by atoms with E-state index in [0.29, 0.717) is 0 Å². The van der Waals surface area contributed by atoms with Crippen LogP contribution in [-0.2, 0) is 6.54 Å². The molecule has 0 amide bonds. The van der Waals surface area contributed by atoms with E-state index in [-0.39, 0.29) is 5.25 Å². The smallest absolute Gasteiger partial charge is 0.191 e. The molecule has 0 saturated heterocycles. The summed E-state index contributed by atoms with van der Waals surface area (Å²) in [6, 6.07) is 9.98. The number of aromatic nitrogens is 6. The highest BCUT2D eigenvalue weighted by Gasteiger charge is 2.17. The predicted octanol–water partition coefficient (Wildman–Crippen LogP) is 3.04. The van der Waals surface area contributed by atoms with Crippen molar-refractivity contribution in [3.63, 3.8) is 0 Å². The average molecular weight is 314 g/mol. The molecule has 3 aromatic rings. The van der Waals surface area contributed by atoms with Gasteiger partial charge < -0.3 is 4.57 Å². The largest absolute Gasteiger partial charge is 0.307 e. The van der Waals surface area contributed by atoms with Gasteiger partial charge in [-0.3, -0.25) is 0 Å². The number of aryl methyl sites for hydroxylation is 1. The van der Waals surface area contributed by atoms with E-state index < -0.39 is 0 Å². The highest BCUT2D eigenvalue weighted by molar-refractivity contribution is 7.99. The van der Waals surface area contributed by atoms with Crippen LogP contribution < -0.4 is 0 Å². The Hall–Kier alpha value is -2.15. The molecule has 0 fully saturated rings. The fraction of sp³-hybridized carbons (Fsp3) is 0.333. The zero-order valence-corrected chi connectivity index (χ0v) is 13.7. The van der Waals surface area contributed by atoms with Crippen LogP contribution >= 0.6 is 11.8 Å². The molecule has 0 bridgehead atoms. The average Bonchev–Trinajstić information content (AvgIpc) is 3.15. The third kappa shape index (κ3) is 2.89. The summed E-state index contributed by atoms with van der Waals surface area (Å²) in [5, 5.41) is 17.9. The van der Waals surface area contributed by atoms with E-state index in [0.717, 1.165) is 28.9 Å². The van der Waals surface area contributed by atoms with E-state index in [4.69, 9.17) is 0 Å². The van der Waals surface area contributed by atoms with Crippen molar-refractivity contribution in [2.24, 2.45) is 0 Å². The Bertz CT molecular complexity index is 748. The first-order chi connectivity index (χ1) is 10.7. The van der Waals surface area contributed by atoms with Crippen molar-refractivity contribution in [3.8, 4) is 5.69 Å². The molecule has 7 heteroatoms. The van der Waals surface area contributed by atoms with E-state index in [1.54, 1.807) is 16.4 Å². The maximum atomic E-state index is 4.29. The maximum absolute atomic E-state index is 4.29. The van der Waals surface area contributed by atoms with Gasteiger partial charge in [0.2, 0.25) is 0 Å². The van der Waals surface area contributed by atoms with Gasteiger partial charge in [0.05, 0.1) is 22.8 Å². The van der Waals surface area contributed by atoms with Gasteiger partial charge in [0.1, 0.15) is 5.82 Å². The fourth-order valence-electron chi connectivity index (χ4n) is 2.20. The first-order valence-corrected chi connectivity index (χ1v) is 8.11. The van der Waals surface area contributed by atoms with Crippen molar-refractivity contribution >= 4 is 11.8 Å². The lowest BCUT2D eigenvalue weighted by molar-refractivity contribution is 0.660. The summed E-state index contributed by atoms with van der Waals surface area (Å²) >= 11 is 1.65. The minimum Gasteiger partial charge on any atom is -0.307 e. The van der Waals surface area contributed by atoms with Crippen LogP contribution in [0.15, 0.2) is 41.7 Å². The highest BCUT2D eigenvalue weighted by Crippen LogP contribution is 2.32. The van der Waals surface area contributed by atoms with Gasteiger partial charge in [0, 0.05) is 6.54 Å². The Labute approximate surface area is 133 Å². The minimum absolute atomic E-state index is 0.159. The molecule has 3 rings (SSSR count). The predicted molar refractivity (Wildman–Crippen MR) is 86.1 cm³/mol. The first-order valence-electron chi connectivity index (χ1n) is 7.23. The van der Waals surface area contributed by atoms with E-state index in [9.17, 15) is 0 Å². The lowest BCUT2D eigenvalue weighted by Gasteiger charge is -2.08. The number of nitrogens with zero attached hydrogens (tertiary/aromatic N) is 6. The SMILES string of the molecule is CCn1c(C)nnc1S[C@H](C)c1cn(-c2ccccc2)nn1. The van der Waals surface area contributed by atoms with E-state index >= 15 is 0 Å². The molecular formula is C15H18N6S. The third-order valence-corrected chi connectivity index (χ3v) is 4.56. The second kappa shape index (κ2) is 6.31. The van der Waals surface area contributed by atoms with Crippen molar-refractivity contribution < 1.29 is 0 Å². The third-order valence-electron chi connectivity index (χ3n) is 3.45. The van der Waals surface area contributed by atoms with Crippen LogP contribution in [0.25, 0.3) is 5.69 Å².